The minimum absolute atomic E-state index is 0.281. The quantitative estimate of drug-likeness (QED) is 0.487. The highest BCUT2D eigenvalue weighted by molar-refractivity contribution is 8.70. The van der Waals surface area contributed by atoms with Crippen LogP contribution in [0.5, 0.6) is 0 Å². The smallest absolute Gasteiger partial charge is 0.133 e. The average molecular weight is 220 g/mol. The summed E-state index contributed by atoms with van der Waals surface area (Å²) in [6, 6.07) is 0. The molecule has 12 heavy (non-hydrogen) atoms. The van der Waals surface area contributed by atoms with Gasteiger partial charge in [-0.05, 0) is 21.1 Å². The molecule has 1 heterocycles. The van der Waals surface area contributed by atoms with Crippen LogP contribution in [0.25, 0.3) is 0 Å². The molecule has 0 aromatic rings. The highest BCUT2D eigenvalue weighted by atomic mass is 32.9. The lowest BCUT2D eigenvalue weighted by atomic mass is 10.4. The zero-order valence-corrected chi connectivity index (χ0v) is 10.0. The van der Waals surface area contributed by atoms with Gasteiger partial charge in [-0.2, -0.15) is 0 Å². The number of rotatable bonds is 1. The third kappa shape index (κ3) is 1.71. The zero-order valence-electron chi connectivity index (χ0n) is 7.52. The molecule has 0 radical (unpaired) electrons. The van der Waals surface area contributed by atoms with E-state index in [1.807, 2.05) is 14.1 Å². The minimum Gasteiger partial charge on any atom is -0.262 e. The maximum Gasteiger partial charge on any atom is 0.133 e. The molecule has 68 valence electrons. The second kappa shape index (κ2) is 3.69. The van der Waals surface area contributed by atoms with Crippen LogP contribution in [-0.2, 0) is 11.8 Å². The summed E-state index contributed by atoms with van der Waals surface area (Å²) >= 11 is 7.36. The summed E-state index contributed by atoms with van der Waals surface area (Å²) in [7, 11) is 6.12. The SMILES string of the molecule is C#CC1CN(C)P(=S)(N(C)C)S1. The number of terminal acetylenes is 1. The Morgan fingerprint density at radius 1 is 1.75 bits per heavy atom. The third-order valence-corrected chi connectivity index (χ3v) is 10.7. The van der Waals surface area contributed by atoms with Crippen molar-refractivity contribution in [1.29, 1.82) is 0 Å². The molecule has 2 atom stereocenters. The van der Waals surface area contributed by atoms with Gasteiger partial charge < -0.3 is 0 Å². The molecule has 2 nitrogen and oxygen atoms in total. The first-order chi connectivity index (χ1) is 5.50. The van der Waals surface area contributed by atoms with Crippen LogP contribution in [0.3, 0.4) is 0 Å². The van der Waals surface area contributed by atoms with E-state index >= 15 is 0 Å². The lowest BCUT2D eigenvalue weighted by Crippen LogP contribution is -2.19. The van der Waals surface area contributed by atoms with Gasteiger partial charge in [0.1, 0.15) is 5.54 Å². The van der Waals surface area contributed by atoms with Crippen LogP contribution in [0.1, 0.15) is 0 Å². The van der Waals surface area contributed by atoms with Gasteiger partial charge >= 0.3 is 0 Å². The fraction of sp³-hybridized carbons (Fsp3) is 0.714. The van der Waals surface area contributed by atoms with E-state index in [0.717, 1.165) is 6.54 Å². The Kier molecular flexibility index (Phi) is 3.25. The molecule has 1 saturated heterocycles. The molecule has 1 aliphatic rings. The molecule has 0 aliphatic carbocycles. The van der Waals surface area contributed by atoms with E-state index in [2.05, 4.69) is 22.3 Å². The van der Waals surface area contributed by atoms with E-state index in [4.69, 9.17) is 18.2 Å². The van der Waals surface area contributed by atoms with Crippen molar-refractivity contribution in [2.45, 2.75) is 5.25 Å². The first-order valence-corrected chi connectivity index (χ1v) is 7.84. The molecule has 0 bridgehead atoms. The van der Waals surface area contributed by atoms with Crippen LogP contribution < -0.4 is 0 Å². The van der Waals surface area contributed by atoms with Gasteiger partial charge in [-0.15, -0.1) is 6.42 Å². The van der Waals surface area contributed by atoms with Crippen molar-refractivity contribution < 1.29 is 0 Å². The summed E-state index contributed by atoms with van der Waals surface area (Å²) in [5, 5.41) is 0.281. The topological polar surface area (TPSA) is 6.48 Å². The van der Waals surface area contributed by atoms with Gasteiger partial charge in [0.05, 0.1) is 5.25 Å². The molecular weight excluding hydrogens is 207 g/mol. The molecule has 0 aromatic heterocycles. The fourth-order valence-electron chi connectivity index (χ4n) is 1.11. The normalized spacial score (nSPS) is 37.1. The van der Waals surface area contributed by atoms with Crippen molar-refractivity contribution in [3.63, 3.8) is 0 Å². The Balaban J connectivity index is 2.83. The van der Waals surface area contributed by atoms with Gasteiger partial charge in [0.2, 0.25) is 0 Å². The summed E-state index contributed by atoms with van der Waals surface area (Å²) in [4.78, 5) is 0. The summed E-state index contributed by atoms with van der Waals surface area (Å²) < 4.78 is 4.35. The Labute approximate surface area is 83.5 Å². The van der Waals surface area contributed by atoms with E-state index in [-0.39, 0.29) is 5.25 Å². The molecule has 1 rings (SSSR count). The summed E-state index contributed by atoms with van der Waals surface area (Å²) in [5.74, 6) is 2.76. The van der Waals surface area contributed by atoms with Crippen molar-refractivity contribution >= 4 is 28.7 Å². The third-order valence-electron chi connectivity index (χ3n) is 1.82. The average Bonchev–Trinajstić information content (AvgIpc) is 2.29. The lowest BCUT2D eigenvalue weighted by molar-refractivity contribution is 0.535. The van der Waals surface area contributed by atoms with Crippen molar-refractivity contribution in [2.75, 3.05) is 27.7 Å². The van der Waals surface area contributed by atoms with Crippen molar-refractivity contribution in [3.8, 4) is 12.3 Å². The highest BCUT2D eigenvalue weighted by Gasteiger charge is 2.36. The summed E-state index contributed by atoms with van der Waals surface area (Å²) in [5.41, 5.74) is -1.53. The van der Waals surface area contributed by atoms with E-state index in [1.165, 1.54) is 0 Å². The van der Waals surface area contributed by atoms with Crippen LogP contribution in [0.15, 0.2) is 0 Å². The first kappa shape index (κ1) is 10.6. The molecule has 1 aliphatic heterocycles. The molecule has 0 N–H and O–H groups in total. The van der Waals surface area contributed by atoms with Gasteiger partial charge in [-0.3, -0.25) is 9.34 Å². The molecule has 0 spiro atoms. The number of hydrogen-bond donors (Lipinski definition) is 0. The predicted octanol–water partition coefficient (Wildman–Crippen LogP) is 1.45. The molecule has 0 aromatic carbocycles. The molecule has 0 amide bonds. The van der Waals surface area contributed by atoms with E-state index in [9.17, 15) is 0 Å². The second-order valence-electron chi connectivity index (χ2n) is 2.94. The van der Waals surface area contributed by atoms with Crippen LogP contribution in [0.2, 0.25) is 0 Å². The van der Waals surface area contributed by atoms with Crippen LogP contribution in [0, 0.1) is 12.3 Å². The van der Waals surface area contributed by atoms with E-state index in [0.29, 0.717) is 0 Å². The number of nitrogens with zero attached hydrogens (tertiary/aromatic N) is 2. The Morgan fingerprint density at radius 3 is 2.58 bits per heavy atom. The van der Waals surface area contributed by atoms with Gasteiger partial charge in [-0.25, -0.2) is 0 Å². The maximum absolute atomic E-state index is 5.59. The van der Waals surface area contributed by atoms with Gasteiger partial charge in [0, 0.05) is 6.54 Å². The van der Waals surface area contributed by atoms with Crippen molar-refractivity contribution in [2.24, 2.45) is 0 Å². The van der Waals surface area contributed by atoms with Gasteiger partial charge in [0.15, 0.2) is 0 Å². The van der Waals surface area contributed by atoms with Crippen molar-refractivity contribution in [3.05, 3.63) is 0 Å². The largest absolute Gasteiger partial charge is 0.262 e. The monoisotopic (exact) mass is 220 g/mol. The Morgan fingerprint density at radius 2 is 2.33 bits per heavy atom. The number of hydrogen-bond acceptors (Lipinski definition) is 2. The van der Waals surface area contributed by atoms with Crippen LogP contribution in [-0.4, -0.2) is 42.3 Å². The predicted molar refractivity (Wildman–Crippen MR) is 60.8 cm³/mol. The van der Waals surface area contributed by atoms with Crippen molar-refractivity contribution in [1.82, 2.24) is 9.34 Å². The second-order valence-corrected chi connectivity index (χ2v) is 10.6. The van der Waals surface area contributed by atoms with E-state index < -0.39 is 5.54 Å². The molecule has 1 fully saturated rings. The summed E-state index contributed by atoms with van der Waals surface area (Å²) in [6.45, 7) is 0.927. The lowest BCUT2D eigenvalue weighted by Gasteiger charge is -2.28. The molecular formula is C7H13N2PS2. The standard InChI is InChI=1S/C7H13N2PS2/c1-5-7-6-9(4)10(11,12-7)8(2)3/h1,7H,6H2,2-4H3. The maximum atomic E-state index is 5.59. The molecule has 5 heteroatoms. The van der Waals surface area contributed by atoms with E-state index in [1.54, 1.807) is 11.4 Å². The zero-order chi connectivity index (χ0) is 9.35. The first-order valence-electron chi connectivity index (χ1n) is 3.64. The van der Waals surface area contributed by atoms with Crippen LogP contribution >= 0.6 is 16.9 Å². The Hall–Kier alpha value is 0.480. The van der Waals surface area contributed by atoms with Gasteiger partial charge in [0.25, 0.3) is 0 Å². The highest BCUT2D eigenvalue weighted by Crippen LogP contribution is 2.68. The van der Waals surface area contributed by atoms with Gasteiger partial charge in [-0.1, -0.05) is 29.1 Å². The molecule has 2 unspecified atom stereocenters. The minimum atomic E-state index is -1.53. The van der Waals surface area contributed by atoms with Crippen LogP contribution in [0.4, 0.5) is 0 Å². The fourth-order valence-corrected chi connectivity index (χ4v) is 6.99. The molecule has 0 saturated carbocycles. The summed E-state index contributed by atoms with van der Waals surface area (Å²) in [6.07, 6.45) is 5.37. The Bertz CT molecular complexity index is 259.